The first kappa shape index (κ1) is 23.1. The van der Waals surface area contributed by atoms with E-state index in [4.69, 9.17) is 4.74 Å². The Morgan fingerprint density at radius 1 is 1.17 bits per heavy atom. The number of urea groups is 1. The van der Waals surface area contributed by atoms with Gasteiger partial charge in [-0.3, -0.25) is 10.1 Å². The van der Waals surface area contributed by atoms with E-state index < -0.39 is 16.1 Å². The molecule has 0 bridgehead atoms. The second-order valence-corrected chi connectivity index (χ2v) is 9.00. The first-order valence-corrected chi connectivity index (χ1v) is 11.4. The third kappa shape index (κ3) is 6.69. The number of rotatable bonds is 8. The van der Waals surface area contributed by atoms with Crippen LogP contribution < -0.4 is 20.3 Å². The first-order chi connectivity index (χ1) is 13.8. The maximum atomic E-state index is 12.8. The van der Waals surface area contributed by atoms with Gasteiger partial charge in [-0.25, -0.2) is 13.2 Å². The molecule has 1 aliphatic rings. The second-order valence-electron chi connectivity index (χ2n) is 7.07. The van der Waals surface area contributed by atoms with Crippen LogP contribution in [0.4, 0.5) is 4.79 Å². The van der Waals surface area contributed by atoms with Gasteiger partial charge in [-0.15, -0.1) is 0 Å². The standard InChI is InChI=1S/C19H30N4O5S/c1-4-15(3)20-19(25)21-18(24)14-22-10-12-23(13-11-22)29(26,27)17-8-6-16(7-9-17)28-5-2/h6-9,15H,4-5,10-14H2,1-3H3,(H2,20,21,24,25)/p+1/t15-/m1/s1. The Hall–Kier alpha value is -2.17. The predicted molar refractivity (Wildman–Crippen MR) is 108 cm³/mol. The van der Waals surface area contributed by atoms with Gasteiger partial charge < -0.3 is 15.0 Å². The molecule has 1 fully saturated rings. The number of nitrogens with zero attached hydrogens (tertiary/aromatic N) is 1. The fourth-order valence-corrected chi connectivity index (χ4v) is 4.44. The van der Waals surface area contributed by atoms with Crippen LogP contribution in [0, 0.1) is 0 Å². The van der Waals surface area contributed by atoms with E-state index in [2.05, 4.69) is 10.6 Å². The second kappa shape index (κ2) is 10.6. The highest BCUT2D eigenvalue weighted by atomic mass is 32.2. The molecule has 0 radical (unpaired) electrons. The Labute approximate surface area is 172 Å². The zero-order valence-electron chi connectivity index (χ0n) is 17.2. The van der Waals surface area contributed by atoms with Gasteiger partial charge in [0.15, 0.2) is 6.54 Å². The number of nitrogens with one attached hydrogen (secondary N) is 3. The molecule has 162 valence electrons. The lowest BCUT2D eigenvalue weighted by Crippen LogP contribution is -3.15. The number of hydrogen-bond acceptors (Lipinski definition) is 5. The topological polar surface area (TPSA) is 109 Å². The number of sulfonamides is 1. The Bertz CT molecular complexity index is 789. The van der Waals surface area contributed by atoms with Gasteiger partial charge in [0.25, 0.3) is 5.91 Å². The van der Waals surface area contributed by atoms with Gasteiger partial charge in [0.05, 0.1) is 37.7 Å². The largest absolute Gasteiger partial charge is 0.494 e. The van der Waals surface area contributed by atoms with Crippen molar-refractivity contribution >= 4 is 22.0 Å². The van der Waals surface area contributed by atoms with Crippen molar-refractivity contribution in [1.82, 2.24) is 14.9 Å². The van der Waals surface area contributed by atoms with Crippen molar-refractivity contribution < 1.29 is 27.6 Å². The number of quaternary nitrogens is 1. The molecule has 2 rings (SSSR count). The van der Waals surface area contributed by atoms with E-state index in [9.17, 15) is 18.0 Å². The third-order valence-electron chi connectivity index (χ3n) is 4.86. The SMILES string of the molecule is CCOc1ccc(S(=O)(=O)N2CC[NH+](CC(=O)NC(=O)N[C@H](C)CC)CC2)cc1. The van der Waals surface area contributed by atoms with Crippen LogP contribution in [0.1, 0.15) is 27.2 Å². The average Bonchev–Trinajstić information content (AvgIpc) is 2.68. The van der Waals surface area contributed by atoms with Crippen LogP contribution in [0.5, 0.6) is 5.75 Å². The highest BCUT2D eigenvalue weighted by Gasteiger charge is 2.31. The fourth-order valence-electron chi connectivity index (χ4n) is 3.00. The molecule has 3 N–H and O–H groups in total. The Kier molecular flexibility index (Phi) is 8.42. The van der Waals surface area contributed by atoms with Gasteiger partial charge in [-0.2, -0.15) is 4.31 Å². The van der Waals surface area contributed by atoms with Gasteiger partial charge >= 0.3 is 6.03 Å². The highest BCUT2D eigenvalue weighted by Crippen LogP contribution is 2.19. The molecular formula is C19H31N4O5S+. The molecule has 0 spiro atoms. The minimum absolute atomic E-state index is 0.00787. The lowest BCUT2D eigenvalue weighted by atomic mass is 10.3. The van der Waals surface area contributed by atoms with Crippen LogP contribution in [0.25, 0.3) is 0 Å². The lowest BCUT2D eigenvalue weighted by molar-refractivity contribution is -0.895. The summed E-state index contributed by atoms with van der Waals surface area (Å²) in [4.78, 5) is 24.9. The van der Waals surface area contributed by atoms with Crippen molar-refractivity contribution in [2.24, 2.45) is 0 Å². The smallest absolute Gasteiger partial charge is 0.321 e. The van der Waals surface area contributed by atoms with Crippen molar-refractivity contribution in [3.05, 3.63) is 24.3 Å². The number of imide groups is 1. The van der Waals surface area contributed by atoms with Gasteiger partial charge in [0.1, 0.15) is 5.75 Å². The van der Waals surface area contributed by atoms with Crippen LogP contribution in [-0.4, -0.2) is 70.0 Å². The molecule has 0 saturated carbocycles. The van der Waals surface area contributed by atoms with E-state index in [1.165, 1.54) is 4.31 Å². The van der Waals surface area contributed by atoms with Gasteiger partial charge in [-0.05, 0) is 44.5 Å². The number of carbonyl (C=O) groups excluding carboxylic acids is 2. The average molecular weight is 428 g/mol. The number of amides is 3. The van der Waals surface area contributed by atoms with Crippen LogP contribution in [-0.2, 0) is 14.8 Å². The minimum atomic E-state index is -3.58. The van der Waals surface area contributed by atoms with Gasteiger partial charge in [0, 0.05) is 6.04 Å². The number of carbonyl (C=O) groups is 2. The Morgan fingerprint density at radius 3 is 2.34 bits per heavy atom. The summed E-state index contributed by atoms with van der Waals surface area (Å²) in [5, 5.41) is 5.00. The van der Waals surface area contributed by atoms with Crippen LogP contribution in [0.2, 0.25) is 0 Å². The van der Waals surface area contributed by atoms with E-state index in [1.807, 2.05) is 20.8 Å². The molecule has 0 aliphatic carbocycles. The predicted octanol–water partition coefficient (Wildman–Crippen LogP) is -0.401. The summed E-state index contributed by atoms with van der Waals surface area (Å²) < 4.78 is 32.4. The third-order valence-corrected chi connectivity index (χ3v) is 6.77. The maximum absolute atomic E-state index is 12.8. The molecule has 9 nitrogen and oxygen atoms in total. The molecule has 1 heterocycles. The van der Waals surface area contributed by atoms with Crippen molar-refractivity contribution in [2.75, 3.05) is 39.3 Å². The molecule has 1 atom stereocenters. The zero-order chi connectivity index (χ0) is 21.4. The normalized spacial score (nSPS) is 16.8. The molecule has 1 aromatic carbocycles. The number of ether oxygens (including phenoxy) is 1. The van der Waals surface area contributed by atoms with Crippen molar-refractivity contribution in [3.8, 4) is 5.75 Å². The summed E-state index contributed by atoms with van der Waals surface area (Å²) in [6.45, 7) is 7.94. The Balaban J connectivity index is 1.84. The fraction of sp³-hybridized carbons (Fsp3) is 0.579. The Morgan fingerprint density at radius 2 is 1.79 bits per heavy atom. The number of hydrogen-bond donors (Lipinski definition) is 3. The molecular weight excluding hydrogens is 396 g/mol. The summed E-state index contributed by atoms with van der Waals surface area (Å²) in [6, 6.07) is 5.87. The van der Waals surface area contributed by atoms with Crippen LogP contribution >= 0.6 is 0 Å². The zero-order valence-corrected chi connectivity index (χ0v) is 18.0. The van der Waals surface area contributed by atoms with E-state index in [1.54, 1.807) is 24.3 Å². The maximum Gasteiger partial charge on any atom is 0.321 e. The minimum Gasteiger partial charge on any atom is -0.494 e. The molecule has 1 aromatic rings. The highest BCUT2D eigenvalue weighted by molar-refractivity contribution is 7.89. The first-order valence-electron chi connectivity index (χ1n) is 9.93. The van der Waals surface area contributed by atoms with Gasteiger partial charge in [0.2, 0.25) is 10.0 Å². The summed E-state index contributed by atoms with van der Waals surface area (Å²) in [5.74, 6) is 0.257. The lowest BCUT2D eigenvalue weighted by Gasteiger charge is -2.31. The van der Waals surface area contributed by atoms with Crippen molar-refractivity contribution in [3.63, 3.8) is 0 Å². The van der Waals surface area contributed by atoms with E-state index in [0.29, 0.717) is 38.5 Å². The summed E-state index contributed by atoms with van der Waals surface area (Å²) in [5.41, 5.74) is 0. The monoisotopic (exact) mass is 427 g/mol. The van der Waals surface area contributed by atoms with E-state index in [0.717, 1.165) is 11.3 Å². The van der Waals surface area contributed by atoms with Crippen molar-refractivity contribution in [1.29, 1.82) is 0 Å². The summed E-state index contributed by atoms with van der Waals surface area (Å²) >= 11 is 0. The summed E-state index contributed by atoms with van der Waals surface area (Å²) in [7, 11) is -3.58. The van der Waals surface area contributed by atoms with Crippen LogP contribution in [0.15, 0.2) is 29.2 Å². The number of benzene rings is 1. The van der Waals surface area contributed by atoms with E-state index in [-0.39, 0.29) is 23.4 Å². The molecule has 10 heteroatoms. The summed E-state index contributed by atoms with van der Waals surface area (Å²) in [6.07, 6.45) is 0.775. The molecule has 29 heavy (non-hydrogen) atoms. The number of piperazine rings is 1. The van der Waals surface area contributed by atoms with Crippen LogP contribution in [0.3, 0.4) is 0 Å². The van der Waals surface area contributed by atoms with E-state index >= 15 is 0 Å². The molecule has 1 saturated heterocycles. The molecule has 1 aliphatic heterocycles. The van der Waals surface area contributed by atoms with Crippen molar-refractivity contribution in [2.45, 2.75) is 38.1 Å². The molecule has 0 aromatic heterocycles. The van der Waals surface area contributed by atoms with Gasteiger partial charge in [-0.1, -0.05) is 6.92 Å². The molecule has 0 unspecified atom stereocenters. The quantitative estimate of drug-likeness (QED) is 0.523. The molecule has 3 amide bonds.